The van der Waals surface area contributed by atoms with Crippen LogP contribution >= 0.6 is 0 Å². The van der Waals surface area contributed by atoms with Crippen LogP contribution in [0.2, 0.25) is 0 Å². The lowest BCUT2D eigenvalue weighted by molar-refractivity contribution is 0.0949. The Kier molecular flexibility index (Phi) is 3.31. The molecule has 0 aliphatic heterocycles. The molecular weight excluding hydrogens is 214 g/mol. The molecule has 4 nitrogen and oxygen atoms in total. The van der Waals surface area contributed by atoms with E-state index in [-0.39, 0.29) is 5.91 Å². The van der Waals surface area contributed by atoms with Crippen molar-refractivity contribution in [2.45, 2.75) is 33.2 Å². The van der Waals surface area contributed by atoms with Crippen LogP contribution in [-0.2, 0) is 0 Å². The van der Waals surface area contributed by atoms with E-state index >= 15 is 0 Å². The third-order valence-electron chi connectivity index (χ3n) is 3.00. The van der Waals surface area contributed by atoms with E-state index in [0.717, 1.165) is 24.5 Å². The molecule has 2 N–H and O–H groups in total. The van der Waals surface area contributed by atoms with Crippen molar-refractivity contribution in [2.75, 3.05) is 11.9 Å². The molecule has 1 aromatic rings. The van der Waals surface area contributed by atoms with Gasteiger partial charge in [0, 0.05) is 23.8 Å². The van der Waals surface area contributed by atoms with Crippen LogP contribution in [0.25, 0.3) is 0 Å². The van der Waals surface area contributed by atoms with Gasteiger partial charge in [-0.3, -0.25) is 4.79 Å². The fourth-order valence-corrected chi connectivity index (χ4v) is 1.85. The normalized spacial score (nSPS) is 22.1. The van der Waals surface area contributed by atoms with Crippen LogP contribution < -0.4 is 10.6 Å². The molecule has 0 bridgehead atoms. The highest BCUT2D eigenvalue weighted by molar-refractivity contribution is 5.95. The summed E-state index contributed by atoms with van der Waals surface area (Å²) in [5.74, 6) is 1.39. The van der Waals surface area contributed by atoms with E-state index < -0.39 is 0 Å². The van der Waals surface area contributed by atoms with Crippen LogP contribution in [0.3, 0.4) is 0 Å². The number of carbonyl (C=O) groups is 1. The molecule has 1 amide bonds. The average molecular weight is 233 g/mol. The van der Waals surface area contributed by atoms with E-state index in [1.54, 1.807) is 6.07 Å². The maximum atomic E-state index is 12.0. The zero-order chi connectivity index (χ0) is 12.4. The molecule has 0 saturated heterocycles. The molecule has 17 heavy (non-hydrogen) atoms. The molecule has 4 heteroatoms. The zero-order valence-electron chi connectivity index (χ0n) is 10.6. The van der Waals surface area contributed by atoms with Crippen molar-refractivity contribution >= 4 is 11.7 Å². The lowest BCUT2D eigenvalue weighted by atomic mass is 10.2. The molecule has 1 saturated carbocycles. The predicted octanol–water partition coefficient (Wildman–Crippen LogP) is 1.96. The molecule has 0 spiro atoms. The van der Waals surface area contributed by atoms with Gasteiger partial charge >= 0.3 is 0 Å². The number of carbonyl (C=O) groups excluding carboxylic acids is 1. The summed E-state index contributed by atoms with van der Waals surface area (Å²) in [5.41, 5.74) is 1.55. The van der Waals surface area contributed by atoms with Crippen molar-refractivity contribution in [3.63, 3.8) is 0 Å². The summed E-state index contributed by atoms with van der Waals surface area (Å²) in [6.45, 7) is 6.86. The van der Waals surface area contributed by atoms with Crippen molar-refractivity contribution in [1.29, 1.82) is 0 Å². The van der Waals surface area contributed by atoms with Crippen molar-refractivity contribution in [3.05, 3.63) is 23.4 Å². The molecule has 2 rings (SSSR count). The highest BCUT2D eigenvalue weighted by Crippen LogP contribution is 2.29. The smallest absolute Gasteiger partial charge is 0.251 e. The molecule has 0 aromatic carbocycles. The number of hydrogen-bond donors (Lipinski definition) is 2. The number of aromatic nitrogens is 1. The Hall–Kier alpha value is -1.58. The standard InChI is InChI=1S/C13H19N3O/c1-4-14-12-7-10(6-9(3)15-12)13(17)16-11-5-8(11)2/h6-8,11H,4-5H2,1-3H3,(H,14,15)(H,16,17). The Balaban J connectivity index is 2.10. The van der Waals surface area contributed by atoms with Gasteiger partial charge in [0.05, 0.1) is 0 Å². The van der Waals surface area contributed by atoms with Crippen molar-refractivity contribution in [3.8, 4) is 0 Å². The molecule has 1 fully saturated rings. The van der Waals surface area contributed by atoms with Crippen LogP contribution in [0.4, 0.5) is 5.82 Å². The maximum absolute atomic E-state index is 12.0. The first-order valence-electron chi connectivity index (χ1n) is 6.13. The van der Waals surface area contributed by atoms with E-state index in [1.165, 1.54) is 0 Å². The second kappa shape index (κ2) is 4.73. The summed E-state index contributed by atoms with van der Waals surface area (Å²) in [7, 11) is 0. The summed E-state index contributed by atoms with van der Waals surface area (Å²) in [6.07, 6.45) is 1.09. The largest absolute Gasteiger partial charge is 0.370 e. The number of hydrogen-bond acceptors (Lipinski definition) is 3. The van der Waals surface area contributed by atoms with Gasteiger partial charge in [0.1, 0.15) is 5.82 Å². The summed E-state index contributed by atoms with van der Waals surface area (Å²) in [6, 6.07) is 3.99. The summed E-state index contributed by atoms with van der Waals surface area (Å²) < 4.78 is 0. The van der Waals surface area contributed by atoms with Crippen molar-refractivity contribution in [1.82, 2.24) is 10.3 Å². The van der Waals surface area contributed by atoms with Gasteiger partial charge in [-0.2, -0.15) is 0 Å². The zero-order valence-corrected chi connectivity index (χ0v) is 10.6. The molecule has 1 aliphatic carbocycles. The van der Waals surface area contributed by atoms with Gasteiger partial charge in [-0.05, 0) is 38.3 Å². The van der Waals surface area contributed by atoms with E-state index in [1.807, 2.05) is 19.9 Å². The predicted molar refractivity (Wildman–Crippen MR) is 68.2 cm³/mol. The Bertz CT molecular complexity index is 431. The number of amides is 1. The third kappa shape index (κ3) is 2.96. The number of anilines is 1. The van der Waals surface area contributed by atoms with Gasteiger partial charge in [0.25, 0.3) is 5.91 Å². The molecular formula is C13H19N3O. The van der Waals surface area contributed by atoms with Crippen LogP contribution in [0, 0.1) is 12.8 Å². The van der Waals surface area contributed by atoms with Crippen LogP contribution in [0.5, 0.6) is 0 Å². The van der Waals surface area contributed by atoms with Gasteiger partial charge in [-0.25, -0.2) is 4.98 Å². The Labute approximate surface area is 102 Å². The van der Waals surface area contributed by atoms with Gasteiger partial charge in [0.2, 0.25) is 0 Å². The lowest BCUT2D eigenvalue weighted by Crippen LogP contribution is -2.26. The Morgan fingerprint density at radius 2 is 2.24 bits per heavy atom. The summed E-state index contributed by atoms with van der Waals surface area (Å²) in [4.78, 5) is 16.3. The van der Waals surface area contributed by atoms with Gasteiger partial charge in [0.15, 0.2) is 0 Å². The number of pyridine rings is 1. The van der Waals surface area contributed by atoms with Crippen LogP contribution in [0.1, 0.15) is 36.3 Å². The van der Waals surface area contributed by atoms with E-state index in [2.05, 4.69) is 22.5 Å². The fraction of sp³-hybridized carbons (Fsp3) is 0.538. The first kappa shape index (κ1) is 11.9. The molecule has 92 valence electrons. The average Bonchev–Trinajstić information content (AvgIpc) is 2.93. The molecule has 2 atom stereocenters. The van der Waals surface area contributed by atoms with Crippen molar-refractivity contribution < 1.29 is 4.79 Å². The first-order valence-corrected chi connectivity index (χ1v) is 6.13. The molecule has 0 radical (unpaired) electrons. The van der Waals surface area contributed by atoms with Gasteiger partial charge in [-0.15, -0.1) is 0 Å². The molecule has 1 heterocycles. The quantitative estimate of drug-likeness (QED) is 0.836. The third-order valence-corrected chi connectivity index (χ3v) is 3.00. The minimum Gasteiger partial charge on any atom is -0.370 e. The minimum absolute atomic E-state index is 0.00371. The van der Waals surface area contributed by atoms with E-state index in [9.17, 15) is 4.79 Å². The highest BCUT2D eigenvalue weighted by Gasteiger charge is 2.34. The monoisotopic (exact) mass is 233 g/mol. The lowest BCUT2D eigenvalue weighted by Gasteiger charge is -2.08. The van der Waals surface area contributed by atoms with Crippen molar-refractivity contribution in [2.24, 2.45) is 5.92 Å². The number of nitrogens with zero attached hydrogens (tertiary/aromatic N) is 1. The number of rotatable bonds is 4. The topological polar surface area (TPSA) is 54.0 Å². The van der Waals surface area contributed by atoms with Crippen LogP contribution in [-0.4, -0.2) is 23.5 Å². The molecule has 1 aliphatic rings. The number of aryl methyl sites for hydroxylation is 1. The maximum Gasteiger partial charge on any atom is 0.251 e. The second-order valence-electron chi connectivity index (χ2n) is 4.71. The first-order chi connectivity index (χ1) is 8.10. The van der Waals surface area contributed by atoms with Gasteiger partial charge < -0.3 is 10.6 Å². The van der Waals surface area contributed by atoms with Crippen LogP contribution in [0.15, 0.2) is 12.1 Å². The summed E-state index contributed by atoms with van der Waals surface area (Å²) in [5, 5.41) is 6.15. The number of nitrogens with one attached hydrogen (secondary N) is 2. The Morgan fingerprint density at radius 1 is 1.53 bits per heavy atom. The molecule has 1 aromatic heterocycles. The highest BCUT2D eigenvalue weighted by atomic mass is 16.1. The molecule has 2 unspecified atom stereocenters. The second-order valence-corrected chi connectivity index (χ2v) is 4.71. The van der Waals surface area contributed by atoms with Gasteiger partial charge in [-0.1, -0.05) is 6.92 Å². The summed E-state index contributed by atoms with van der Waals surface area (Å²) >= 11 is 0. The van der Waals surface area contributed by atoms with E-state index in [4.69, 9.17) is 0 Å². The SMILES string of the molecule is CCNc1cc(C(=O)NC2CC2C)cc(C)n1. The minimum atomic E-state index is 0.00371. The van der Waals surface area contributed by atoms with E-state index in [0.29, 0.717) is 17.5 Å². The fourth-order valence-electron chi connectivity index (χ4n) is 1.85. The Morgan fingerprint density at radius 3 is 2.82 bits per heavy atom.